The Balaban J connectivity index is 2.61. The van der Waals surface area contributed by atoms with E-state index in [2.05, 4.69) is 44.0 Å². The Kier molecular flexibility index (Phi) is 3.61. The van der Waals surface area contributed by atoms with Crippen LogP contribution in [0.1, 0.15) is 0 Å². The third-order valence-electron chi connectivity index (χ3n) is 3.36. The van der Waals surface area contributed by atoms with Gasteiger partial charge in [0.25, 0.3) is 0 Å². The highest BCUT2D eigenvalue weighted by Gasteiger charge is 2.16. The Morgan fingerprint density at radius 2 is 1.05 bits per heavy atom. The molecule has 3 rings (SSSR count). The first-order valence-corrected chi connectivity index (χ1v) is 7.66. The van der Waals surface area contributed by atoms with Crippen LogP contribution in [0.25, 0.3) is 21.5 Å². The second-order valence-corrected chi connectivity index (χ2v) is 6.28. The molecular weight excluding hydrogens is 384 g/mol. The van der Waals surface area contributed by atoms with E-state index in [4.69, 9.17) is 9.47 Å². The largest absolute Gasteiger partial charge is 0.492 e. The van der Waals surface area contributed by atoms with Gasteiger partial charge in [0.05, 0.1) is 14.2 Å². The number of hydrogen-bond acceptors (Lipinski definition) is 2. The molecule has 102 valence electrons. The van der Waals surface area contributed by atoms with Crippen LogP contribution in [0.15, 0.2) is 45.3 Å². The standard InChI is InChI=1S/C16H12Br2O2/c1-19-15-11-5-3-9(17)7-13(11)14-8-10(18)4-6-12(14)16(15)20-2/h3-8H,1-2H3. The minimum atomic E-state index is 0.768. The van der Waals surface area contributed by atoms with Crippen molar-refractivity contribution in [2.45, 2.75) is 0 Å². The normalized spacial score (nSPS) is 11.0. The summed E-state index contributed by atoms with van der Waals surface area (Å²) in [5, 5.41) is 4.35. The van der Waals surface area contributed by atoms with Crippen molar-refractivity contribution in [1.29, 1.82) is 0 Å². The van der Waals surface area contributed by atoms with Crippen molar-refractivity contribution in [1.82, 2.24) is 0 Å². The summed E-state index contributed by atoms with van der Waals surface area (Å²) < 4.78 is 13.2. The number of methoxy groups -OCH3 is 2. The van der Waals surface area contributed by atoms with Crippen LogP contribution in [-0.4, -0.2) is 14.2 Å². The summed E-state index contributed by atoms with van der Waals surface area (Å²) in [5.74, 6) is 1.54. The molecule has 0 aliphatic carbocycles. The van der Waals surface area contributed by atoms with Gasteiger partial charge < -0.3 is 9.47 Å². The van der Waals surface area contributed by atoms with E-state index in [0.29, 0.717) is 0 Å². The average molecular weight is 396 g/mol. The molecule has 2 nitrogen and oxygen atoms in total. The maximum Gasteiger partial charge on any atom is 0.169 e. The summed E-state index contributed by atoms with van der Waals surface area (Å²) in [7, 11) is 3.34. The average Bonchev–Trinajstić information content (AvgIpc) is 2.45. The first kappa shape index (κ1) is 13.7. The maximum atomic E-state index is 5.58. The fourth-order valence-electron chi connectivity index (χ4n) is 2.52. The molecule has 0 radical (unpaired) electrons. The summed E-state index contributed by atoms with van der Waals surface area (Å²) in [6.07, 6.45) is 0. The van der Waals surface area contributed by atoms with Crippen molar-refractivity contribution < 1.29 is 9.47 Å². The molecule has 0 saturated carbocycles. The maximum absolute atomic E-state index is 5.58. The molecule has 0 spiro atoms. The third kappa shape index (κ3) is 2.07. The highest BCUT2D eigenvalue weighted by atomic mass is 79.9. The number of hydrogen-bond donors (Lipinski definition) is 0. The molecule has 0 bridgehead atoms. The van der Waals surface area contributed by atoms with Crippen LogP contribution in [0.2, 0.25) is 0 Å². The van der Waals surface area contributed by atoms with Crippen molar-refractivity contribution in [2.24, 2.45) is 0 Å². The smallest absolute Gasteiger partial charge is 0.169 e. The third-order valence-corrected chi connectivity index (χ3v) is 4.34. The van der Waals surface area contributed by atoms with E-state index in [1.807, 2.05) is 24.3 Å². The highest BCUT2D eigenvalue weighted by molar-refractivity contribution is 9.10. The van der Waals surface area contributed by atoms with Crippen molar-refractivity contribution in [3.05, 3.63) is 45.3 Å². The zero-order valence-corrected chi connectivity index (χ0v) is 14.2. The van der Waals surface area contributed by atoms with Crippen molar-refractivity contribution in [2.75, 3.05) is 14.2 Å². The van der Waals surface area contributed by atoms with Crippen LogP contribution in [0.4, 0.5) is 0 Å². The van der Waals surface area contributed by atoms with Crippen molar-refractivity contribution in [3.63, 3.8) is 0 Å². The van der Waals surface area contributed by atoms with E-state index in [9.17, 15) is 0 Å². The van der Waals surface area contributed by atoms with E-state index in [1.54, 1.807) is 14.2 Å². The van der Waals surface area contributed by atoms with Gasteiger partial charge >= 0.3 is 0 Å². The molecule has 0 N–H and O–H groups in total. The lowest BCUT2D eigenvalue weighted by Gasteiger charge is -2.15. The zero-order valence-electron chi connectivity index (χ0n) is 11.0. The van der Waals surface area contributed by atoms with E-state index in [1.165, 1.54) is 0 Å². The molecule has 20 heavy (non-hydrogen) atoms. The van der Waals surface area contributed by atoms with Crippen LogP contribution in [0.3, 0.4) is 0 Å². The van der Waals surface area contributed by atoms with Gasteiger partial charge in [-0.2, -0.15) is 0 Å². The van der Waals surface area contributed by atoms with E-state index < -0.39 is 0 Å². The van der Waals surface area contributed by atoms with Gasteiger partial charge in [-0.25, -0.2) is 0 Å². The lowest BCUT2D eigenvalue weighted by Crippen LogP contribution is -1.94. The second-order valence-electron chi connectivity index (χ2n) is 4.45. The molecule has 3 aromatic rings. The molecule has 0 aliphatic rings. The number of benzene rings is 3. The summed E-state index contributed by atoms with van der Waals surface area (Å²) in [6.45, 7) is 0. The predicted octanol–water partition coefficient (Wildman–Crippen LogP) is 5.54. The number of halogens is 2. The molecule has 0 atom stereocenters. The molecule has 0 amide bonds. The SMILES string of the molecule is COc1c(OC)c2ccc(Br)cc2c2cc(Br)ccc12. The van der Waals surface area contributed by atoms with E-state index >= 15 is 0 Å². The van der Waals surface area contributed by atoms with Crippen LogP contribution in [-0.2, 0) is 0 Å². The van der Waals surface area contributed by atoms with Gasteiger partial charge in [0.1, 0.15) is 0 Å². The Labute approximate surface area is 133 Å². The summed E-state index contributed by atoms with van der Waals surface area (Å²) in [4.78, 5) is 0. The zero-order chi connectivity index (χ0) is 14.3. The minimum absolute atomic E-state index is 0.768. The molecule has 0 unspecified atom stereocenters. The number of rotatable bonds is 2. The Morgan fingerprint density at radius 1 is 0.650 bits per heavy atom. The molecule has 0 heterocycles. The van der Waals surface area contributed by atoms with Crippen LogP contribution in [0.5, 0.6) is 11.5 Å². The molecule has 0 fully saturated rings. The van der Waals surface area contributed by atoms with E-state index in [-0.39, 0.29) is 0 Å². The quantitative estimate of drug-likeness (QED) is 0.530. The number of ether oxygens (including phenoxy) is 2. The van der Waals surface area contributed by atoms with Gasteiger partial charge in [0.2, 0.25) is 0 Å². The molecule has 0 aliphatic heterocycles. The molecular formula is C16H12Br2O2. The number of fused-ring (bicyclic) bond motifs is 3. The topological polar surface area (TPSA) is 18.5 Å². The first-order chi connectivity index (χ1) is 9.65. The molecule has 0 saturated heterocycles. The Morgan fingerprint density at radius 3 is 1.40 bits per heavy atom. The Hall–Kier alpha value is -1.26. The lowest BCUT2D eigenvalue weighted by molar-refractivity contribution is 0.362. The van der Waals surface area contributed by atoms with E-state index in [0.717, 1.165) is 42.0 Å². The Bertz CT molecular complexity index is 744. The van der Waals surface area contributed by atoms with Gasteiger partial charge in [0, 0.05) is 19.7 Å². The molecule has 4 heteroatoms. The van der Waals surface area contributed by atoms with Gasteiger partial charge in [-0.05, 0) is 47.2 Å². The highest BCUT2D eigenvalue weighted by Crippen LogP contribution is 2.44. The van der Waals surface area contributed by atoms with Crippen LogP contribution >= 0.6 is 31.9 Å². The second kappa shape index (κ2) is 5.26. The summed E-state index contributed by atoms with van der Waals surface area (Å²) in [6, 6.07) is 12.3. The van der Waals surface area contributed by atoms with Gasteiger partial charge in [-0.3, -0.25) is 0 Å². The molecule has 0 aromatic heterocycles. The summed E-state index contributed by atoms with van der Waals surface area (Å²) >= 11 is 7.07. The summed E-state index contributed by atoms with van der Waals surface area (Å²) in [5.41, 5.74) is 0. The van der Waals surface area contributed by atoms with Crippen LogP contribution < -0.4 is 9.47 Å². The lowest BCUT2D eigenvalue weighted by atomic mass is 10.00. The fraction of sp³-hybridized carbons (Fsp3) is 0.125. The van der Waals surface area contributed by atoms with Gasteiger partial charge in [-0.1, -0.05) is 31.9 Å². The van der Waals surface area contributed by atoms with Gasteiger partial charge in [-0.15, -0.1) is 0 Å². The predicted molar refractivity (Wildman–Crippen MR) is 90.0 cm³/mol. The van der Waals surface area contributed by atoms with Gasteiger partial charge in [0.15, 0.2) is 11.5 Å². The van der Waals surface area contributed by atoms with Crippen molar-refractivity contribution in [3.8, 4) is 11.5 Å². The fourth-order valence-corrected chi connectivity index (χ4v) is 3.25. The van der Waals surface area contributed by atoms with Crippen LogP contribution in [0, 0.1) is 0 Å². The molecule has 3 aromatic carbocycles. The minimum Gasteiger partial charge on any atom is -0.492 e. The van der Waals surface area contributed by atoms with Crippen molar-refractivity contribution >= 4 is 53.4 Å². The first-order valence-electron chi connectivity index (χ1n) is 6.08. The monoisotopic (exact) mass is 394 g/mol.